The van der Waals surface area contributed by atoms with E-state index in [1.165, 1.54) is 6.07 Å². The third kappa shape index (κ3) is 5.55. The fraction of sp³-hybridized carbons (Fsp3) is 0.167. The third-order valence-corrected chi connectivity index (χ3v) is 3.05. The number of benzene rings is 2. The van der Waals surface area contributed by atoms with Crippen molar-refractivity contribution in [2.75, 3.05) is 23.8 Å². The lowest BCUT2D eigenvalue weighted by Crippen LogP contribution is -2.19. The highest BCUT2D eigenvalue weighted by Crippen LogP contribution is 2.16. The van der Waals surface area contributed by atoms with Crippen LogP contribution in [0.15, 0.2) is 48.5 Å². The Morgan fingerprint density at radius 2 is 1.80 bits per heavy atom. The Hall–Kier alpha value is -3.53. The van der Waals surface area contributed by atoms with Gasteiger partial charge in [-0.15, -0.1) is 0 Å². The van der Waals surface area contributed by atoms with E-state index >= 15 is 0 Å². The first-order chi connectivity index (χ1) is 12.1. The van der Waals surface area contributed by atoms with Crippen LogP contribution < -0.4 is 15.4 Å². The molecule has 2 aromatic rings. The molecule has 0 heterocycles. The lowest BCUT2D eigenvalue weighted by Gasteiger charge is -2.09. The van der Waals surface area contributed by atoms with Gasteiger partial charge in [-0.1, -0.05) is 6.07 Å². The van der Waals surface area contributed by atoms with Gasteiger partial charge in [0, 0.05) is 11.4 Å². The summed E-state index contributed by atoms with van der Waals surface area (Å²) in [6, 6.07) is 14.5. The van der Waals surface area contributed by atoms with E-state index in [9.17, 15) is 9.59 Å². The summed E-state index contributed by atoms with van der Waals surface area (Å²) in [5.41, 5.74) is 1.39. The van der Waals surface area contributed by atoms with Crippen LogP contribution in [0.25, 0.3) is 0 Å². The van der Waals surface area contributed by atoms with Gasteiger partial charge in [0.2, 0.25) is 0 Å². The number of anilines is 2. The summed E-state index contributed by atoms with van der Waals surface area (Å²) in [6.07, 6.45) is 0. The first-order valence-corrected chi connectivity index (χ1v) is 7.57. The quantitative estimate of drug-likeness (QED) is 0.786. The molecule has 0 spiro atoms. The number of esters is 1. The summed E-state index contributed by atoms with van der Waals surface area (Å²) >= 11 is 0. The average Bonchev–Trinajstić information content (AvgIpc) is 2.61. The van der Waals surface area contributed by atoms with Crippen LogP contribution in [-0.2, 0) is 4.74 Å². The highest BCUT2D eigenvalue weighted by atomic mass is 16.5. The average molecular weight is 339 g/mol. The summed E-state index contributed by atoms with van der Waals surface area (Å²) in [6.45, 7) is 1.97. The molecule has 25 heavy (non-hydrogen) atoms. The Balaban J connectivity index is 1.95. The Morgan fingerprint density at radius 3 is 2.48 bits per heavy atom. The van der Waals surface area contributed by atoms with E-state index in [0.717, 1.165) is 0 Å². The van der Waals surface area contributed by atoms with E-state index in [2.05, 4.69) is 10.6 Å². The topological polar surface area (TPSA) is 100 Å². The van der Waals surface area contributed by atoms with Gasteiger partial charge < -0.3 is 20.1 Å². The molecule has 0 fully saturated rings. The molecule has 0 radical (unpaired) electrons. The Bertz CT molecular complexity index is 782. The number of hydrogen-bond donors (Lipinski definition) is 2. The highest BCUT2D eigenvalue weighted by molar-refractivity contribution is 6.00. The Morgan fingerprint density at radius 1 is 1.08 bits per heavy atom. The number of nitriles is 1. The zero-order valence-electron chi connectivity index (χ0n) is 13.6. The van der Waals surface area contributed by atoms with E-state index in [4.69, 9.17) is 14.7 Å². The normalized spacial score (nSPS) is 9.60. The van der Waals surface area contributed by atoms with Crippen LogP contribution in [0.5, 0.6) is 5.75 Å². The first-order valence-electron chi connectivity index (χ1n) is 7.57. The highest BCUT2D eigenvalue weighted by Gasteiger charge is 2.08. The maximum absolute atomic E-state index is 12.0. The smallest absolute Gasteiger partial charge is 0.338 e. The number of rotatable bonds is 6. The van der Waals surface area contributed by atoms with Crippen LogP contribution >= 0.6 is 0 Å². The van der Waals surface area contributed by atoms with Crippen LogP contribution in [0.1, 0.15) is 17.3 Å². The third-order valence-electron chi connectivity index (χ3n) is 3.05. The molecule has 0 saturated carbocycles. The van der Waals surface area contributed by atoms with Crippen molar-refractivity contribution < 1.29 is 19.1 Å². The van der Waals surface area contributed by atoms with E-state index < -0.39 is 12.0 Å². The summed E-state index contributed by atoms with van der Waals surface area (Å²) in [5.74, 6) is 0.0918. The monoisotopic (exact) mass is 339 g/mol. The standard InChI is InChI=1S/C18H17N3O4/c1-2-24-17(22)13-4-3-5-15(12-13)21-18(23)20-14-6-8-16(9-7-14)25-11-10-19/h3-9,12H,2,11H2,1H3,(H2,20,21,23). The van der Waals surface area contributed by atoms with Crippen LogP contribution in [0.2, 0.25) is 0 Å². The summed E-state index contributed by atoms with van der Waals surface area (Å²) in [4.78, 5) is 23.7. The van der Waals surface area contributed by atoms with Gasteiger partial charge in [-0.25, -0.2) is 9.59 Å². The Kier molecular flexibility index (Phi) is 6.37. The molecule has 7 heteroatoms. The van der Waals surface area contributed by atoms with E-state index in [1.807, 2.05) is 6.07 Å². The van der Waals surface area contributed by atoms with Gasteiger partial charge in [0.05, 0.1) is 12.2 Å². The van der Waals surface area contributed by atoms with E-state index in [0.29, 0.717) is 22.7 Å². The molecule has 2 aromatic carbocycles. The SMILES string of the molecule is CCOC(=O)c1cccc(NC(=O)Nc2ccc(OCC#N)cc2)c1. The van der Waals surface area contributed by atoms with Crippen LogP contribution in [0.3, 0.4) is 0 Å². The number of hydrogen-bond acceptors (Lipinski definition) is 5. The molecule has 2 N–H and O–H groups in total. The fourth-order valence-electron chi connectivity index (χ4n) is 1.98. The van der Waals surface area contributed by atoms with Crippen molar-refractivity contribution >= 4 is 23.4 Å². The van der Waals surface area contributed by atoms with Crippen molar-refractivity contribution in [2.45, 2.75) is 6.92 Å². The summed E-state index contributed by atoms with van der Waals surface area (Å²) in [7, 11) is 0. The zero-order valence-corrected chi connectivity index (χ0v) is 13.6. The van der Waals surface area contributed by atoms with Crippen molar-refractivity contribution in [3.05, 3.63) is 54.1 Å². The van der Waals surface area contributed by atoms with Gasteiger partial charge in [-0.05, 0) is 49.4 Å². The lowest BCUT2D eigenvalue weighted by molar-refractivity contribution is 0.0526. The second kappa shape index (κ2) is 8.93. The minimum absolute atomic E-state index is 0.0376. The molecule has 0 aliphatic rings. The van der Waals surface area contributed by atoms with Gasteiger partial charge in [0.1, 0.15) is 11.8 Å². The maximum atomic E-state index is 12.0. The zero-order chi connectivity index (χ0) is 18.1. The molecule has 0 aromatic heterocycles. The Labute approximate surface area is 145 Å². The van der Waals surface area contributed by atoms with Crippen molar-refractivity contribution in [1.82, 2.24) is 0 Å². The molecule has 7 nitrogen and oxygen atoms in total. The van der Waals surface area contributed by atoms with Crippen molar-refractivity contribution in [3.63, 3.8) is 0 Å². The molecular formula is C18H17N3O4. The molecular weight excluding hydrogens is 322 g/mol. The second-order valence-corrected chi connectivity index (χ2v) is 4.85. The van der Waals surface area contributed by atoms with Crippen LogP contribution in [0.4, 0.5) is 16.2 Å². The van der Waals surface area contributed by atoms with Gasteiger partial charge in [-0.3, -0.25) is 0 Å². The molecule has 128 valence electrons. The number of nitrogens with one attached hydrogen (secondary N) is 2. The molecule has 0 aliphatic carbocycles. The van der Waals surface area contributed by atoms with Crippen molar-refractivity contribution in [3.8, 4) is 11.8 Å². The predicted octanol–water partition coefficient (Wildman–Crippen LogP) is 3.41. The number of amides is 2. The van der Waals surface area contributed by atoms with Crippen molar-refractivity contribution in [1.29, 1.82) is 5.26 Å². The fourth-order valence-corrected chi connectivity index (χ4v) is 1.98. The van der Waals surface area contributed by atoms with Gasteiger partial charge in [-0.2, -0.15) is 5.26 Å². The number of ether oxygens (including phenoxy) is 2. The summed E-state index contributed by atoms with van der Waals surface area (Å²) < 4.78 is 10.1. The maximum Gasteiger partial charge on any atom is 0.338 e. The first kappa shape index (κ1) is 17.8. The number of nitrogens with zero attached hydrogens (tertiary/aromatic N) is 1. The van der Waals surface area contributed by atoms with Crippen molar-refractivity contribution in [2.24, 2.45) is 0 Å². The van der Waals surface area contributed by atoms with Gasteiger partial charge >= 0.3 is 12.0 Å². The molecule has 2 rings (SSSR count). The molecule has 0 aliphatic heterocycles. The number of urea groups is 1. The molecule has 0 atom stereocenters. The molecule has 2 amide bonds. The second-order valence-electron chi connectivity index (χ2n) is 4.85. The van der Waals surface area contributed by atoms with E-state index in [-0.39, 0.29) is 13.2 Å². The van der Waals surface area contributed by atoms with Gasteiger partial charge in [0.15, 0.2) is 6.61 Å². The number of carbonyl (C=O) groups is 2. The number of carbonyl (C=O) groups excluding carboxylic acids is 2. The van der Waals surface area contributed by atoms with Gasteiger partial charge in [0.25, 0.3) is 0 Å². The molecule has 0 saturated heterocycles. The largest absolute Gasteiger partial charge is 0.479 e. The molecule has 0 unspecified atom stereocenters. The van der Waals surface area contributed by atoms with Crippen LogP contribution in [0, 0.1) is 11.3 Å². The summed E-state index contributed by atoms with van der Waals surface area (Å²) in [5, 5.41) is 13.8. The van der Waals surface area contributed by atoms with Crippen LogP contribution in [-0.4, -0.2) is 25.2 Å². The lowest BCUT2D eigenvalue weighted by atomic mass is 10.2. The predicted molar refractivity (Wildman–Crippen MR) is 92.6 cm³/mol. The molecule has 0 bridgehead atoms. The minimum atomic E-state index is -0.452. The minimum Gasteiger partial charge on any atom is -0.479 e. The van der Waals surface area contributed by atoms with E-state index in [1.54, 1.807) is 49.4 Å².